The molecule has 0 atom stereocenters. The number of pyridine rings is 1. The number of nitrogens with one attached hydrogen (secondary N) is 1. The molecule has 0 aliphatic carbocycles. The number of imidazole rings is 1. The summed E-state index contributed by atoms with van der Waals surface area (Å²) in [6.45, 7) is 5.68. The quantitative estimate of drug-likeness (QED) is 0.710. The molecule has 27 heavy (non-hydrogen) atoms. The molecule has 1 aliphatic rings. The molecule has 3 aromatic rings. The zero-order valence-electron chi connectivity index (χ0n) is 15.6. The zero-order chi connectivity index (χ0) is 18.8. The molecule has 136 valence electrons. The van der Waals surface area contributed by atoms with Crippen LogP contribution in [0.5, 0.6) is 0 Å². The van der Waals surface area contributed by atoms with Gasteiger partial charge in [0.05, 0.1) is 5.69 Å². The van der Waals surface area contributed by atoms with E-state index in [-0.39, 0.29) is 0 Å². The number of anilines is 1. The minimum absolute atomic E-state index is 0.732. The standard InChI is InChI=1S/C22H22N4O/c1-15-16(2)25-22(24-15)20-12-17(9-10-23-20)18-7-5-11-26(13-18)21-8-4-3-6-19(21)14-27/h3-4,6-10,12,14H,5,11,13H2,1-2H3,(H,24,25). The van der Waals surface area contributed by atoms with Crippen LogP contribution in [-0.2, 0) is 0 Å². The van der Waals surface area contributed by atoms with Crippen LogP contribution < -0.4 is 4.90 Å². The molecule has 2 aromatic heterocycles. The van der Waals surface area contributed by atoms with Crippen LogP contribution in [0.2, 0.25) is 0 Å². The number of aromatic nitrogens is 3. The Kier molecular flexibility index (Phi) is 4.59. The second-order valence-electron chi connectivity index (χ2n) is 6.84. The number of aldehydes is 1. The maximum atomic E-state index is 11.4. The van der Waals surface area contributed by atoms with Gasteiger partial charge in [0, 0.05) is 36.2 Å². The zero-order valence-corrected chi connectivity index (χ0v) is 15.6. The normalized spacial score (nSPS) is 14.1. The monoisotopic (exact) mass is 358 g/mol. The van der Waals surface area contributed by atoms with Crippen molar-refractivity contribution >= 4 is 17.5 Å². The Hall–Kier alpha value is -3.21. The third-order valence-electron chi connectivity index (χ3n) is 5.06. The van der Waals surface area contributed by atoms with E-state index in [2.05, 4.69) is 32.0 Å². The van der Waals surface area contributed by atoms with Gasteiger partial charge < -0.3 is 9.88 Å². The van der Waals surface area contributed by atoms with Gasteiger partial charge in [0.2, 0.25) is 0 Å². The van der Waals surface area contributed by atoms with Crippen molar-refractivity contribution in [2.24, 2.45) is 0 Å². The van der Waals surface area contributed by atoms with Crippen molar-refractivity contribution in [3.05, 3.63) is 71.2 Å². The highest BCUT2D eigenvalue weighted by Gasteiger charge is 2.17. The first kappa shape index (κ1) is 17.2. The summed E-state index contributed by atoms with van der Waals surface area (Å²) in [5.41, 5.74) is 7.00. The third-order valence-corrected chi connectivity index (χ3v) is 5.06. The van der Waals surface area contributed by atoms with Crippen molar-refractivity contribution in [1.82, 2.24) is 15.0 Å². The third kappa shape index (κ3) is 3.40. The van der Waals surface area contributed by atoms with Crippen LogP contribution in [0.3, 0.4) is 0 Å². The lowest BCUT2D eigenvalue weighted by Crippen LogP contribution is -2.30. The molecular formula is C22H22N4O. The second-order valence-corrected chi connectivity index (χ2v) is 6.84. The fourth-order valence-corrected chi connectivity index (χ4v) is 3.46. The summed E-state index contributed by atoms with van der Waals surface area (Å²) in [5, 5.41) is 0. The van der Waals surface area contributed by atoms with Crippen LogP contribution in [0.1, 0.15) is 33.7 Å². The van der Waals surface area contributed by atoms with Crippen molar-refractivity contribution in [3.8, 4) is 11.5 Å². The van der Waals surface area contributed by atoms with E-state index >= 15 is 0 Å². The average molecular weight is 358 g/mol. The number of aromatic amines is 1. The van der Waals surface area contributed by atoms with Crippen molar-refractivity contribution in [2.45, 2.75) is 20.3 Å². The number of H-pyrrole nitrogens is 1. The molecule has 0 bridgehead atoms. The number of benzene rings is 1. The van der Waals surface area contributed by atoms with Gasteiger partial charge in [0.15, 0.2) is 12.1 Å². The van der Waals surface area contributed by atoms with Gasteiger partial charge in [0.25, 0.3) is 0 Å². The molecule has 0 unspecified atom stereocenters. The van der Waals surface area contributed by atoms with Crippen LogP contribution in [0.15, 0.2) is 48.7 Å². The van der Waals surface area contributed by atoms with Crippen LogP contribution in [-0.4, -0.2) is 34.3 Å². The molecule has 1 N–H and O–H groups in total. The molecule has 4 rings (SSSR count). The highest BCUT2D eigenvalue weighted by atomic mass is 16.1. The van der Waals surface area contributed by atoms with E-state index in [1.165, 1.54) is 5.57 Å². The van der Waals surface area contributed by atoms with Crippen LogP contribution in [0.25, 0.3) is 17.1 Å². The van der Waals surface area contributed by atoms with Crippen molar-refractivity contribution in [1.29, 1.82) is 0 Å². The van der Waals surface area contributed by atoms with E-state index in [4.69, 9.17) is 0 Å². The molecule has 5 heteroatoms. The second kappa shape index (κ2) is 7.19. The Morgan fingerprint density at radius 3 is 2.81 bits per heavy atom. The highest BCUT2D eigenvalue weighted by Crippen LogP contribution is 2.28. The minimum atomic E-state index is 0.732. The molecule has 1 aromatic carbocycles. The Morgan fingerprint density at radius 1 is 1.19 bits per heavy atom. The van der Waals surface area contributed by atoms with Gasteiger partial charge in [-0.05, 0) is 55.7 Å². The predicted molar refractivity (Wildman–Crippen MR) is 108 cm³/mol. The summed E-state index contributed by atoms with van der Waals surface area (Å²) in [5.74, 6) is 0.798. The number of nitrogens with zero attached hydrogens (tertiary/aromatic N) is 3. The van der Waals surface area contributed by atoms with E-state index in [9.17, 15) is 4.79 Å². The maximum Gasteiger partial charge on any atom is 0.156 e. The molecule has 0 fully saturated rings. The summed E-state index contributed by atoms with van der Waals surface area (Å²) in [6, 6.07) is 11.9. The predicted octanol–water partition coefficient (Wildman–Crippen LogP) is 4.19. The van der Waals surface area contributed by atoms with Crippen molar-refractivity contribution in [3.63, 3.8) is 0 Å². The van der Waals surface area contributed by atoms with Gasteiger partial charge in [-0.15, -0.1) is 0 Å². The first-order valence-electron chi connectivity index (χ1n) is 9.14. The molecule has 0 saturated heterocycles. The van der Waals surface area contributed by atoms with E-state index in [0.717, 1.165) is 65.5 Å². The number of carbonyl (C=O) groups is 1. The first-order valence-corrected chi connectivity index (χ1v) is 9.14. The smallest absolute Gasteiger partial charge is 0.156 e. The van der Waals surface area contributed by atoms with Crippen LogP contribution >= 0.6 is 0 Å². The molecule has 5 nitrogen and oxygen atoms in total. The first-order chi connectivity index (χ1) is 13.2. The Balaban J connectivity index is 1.63. The van der Waals surface area contributed by atoms with E-state index in [1.807, 2.05) is 50.4 Å². The number of hydrogen-bond donors (Lipinski definition) is 1. The van der Waals surface area contributed by atoms with Gasteiger partial charge in [-0.2, -0.15) is 0 Å². The molecule has 0 saturated carbocycles. The van der Waals surface area contributed by atoms with E-state index in [1.54, 1.807) is 0 Å². The summed E-state index contributed by atoms with van der Waals surface area (Å²) in [6.07, 6.45) is 5.98. The van der Waals surface area contributed by atoms with E-state index in [0.29, 0.717) is 0 Å². The molecule has 0 amide bonds. The van der Waals surface area contributed by atoms with Gasteiger partial charge in [-0.1, -0.05) is 18.2 Å². The number of hydrogen-bond acceptors (Lipinski definition) is 4. The van der Waals surface area contributed by atoms with Crippen LogP contribution in [0, 0.1) is 13.8 Å². The molecule has 0 radical (unpaired) electrons. The lowest BCUT2D eigenvalue weighted by atomic mass is 10.00. The lowest BCUT2D eigenvalue weighted by molar-refractivity contribution is 0.112. The fraction of sp³-hybridized carbons (Fsp3) is 0.227. The van der Waals surface area contributed by atoms with Crippen molar-refractivity contribution in [2.75, 3.05) is 18.0 Å². The number of rotatable bonds is 4. The summed E-state index contributed by atoms with van der Waals surface area (Å²) >= 11 is 0. The molecular weight excluding hydrogens is 336 g/mol. The summed E-state index contributed by atoms with van der Waals surface area (Å²) < 4.78 is 0. The Morgan fingerprint density at radius 2 is 2.04 bits per heavy atom. The Labute approximate surface area is 158 Å². The molecule has 3 heterocycles. The van der Waals surface area contributed by atoms with Gasteiger partial charge in [-0.3, -0.25) is 9.78 Å². The maximum absolute atomic E-state index is 11.4. The van der Waals surface area contributed by atoms with Crippen LogP contribution in [0.4, 0.5) is 5.69 Å². The van der Waals surface area contributed by atoms with E-state index < -0.39 is 0 Å². The highest BCUT2D eigenvalue weighted by molar-refractivity contribution is 5.86. The Bertz CT molecular complexity index is 999. The van der Waals surface area contributed by atoms with Gasteiger partial charge in [-0.25, -0.2) is 4.98 Å². The average Bonchev–Trinajstić information content (AvgIpc) is 3.07. The minimum Gasteiger partial charge on any atom is -0.366 e. The number of carbonyl (C=O) groups excluding carboxylic acids is 1. The molecule has 0 spiro atoms. The topological polar surface area (TPSA) is 61.9 Å². The lowest BCUT2D eigenvalue weighted by Gasteiger charge is -2.30. The van der Waals surface area contributed by atoms with Crippen molar-refractivity contribution < 1.29 is 4.79 Å². The SMILES string of the molecule is Cc1nc(-c2cc(C3=CCCN(c4ccccc4C=O)C3)ccn2)[nH]c1C. The fourth-order valence-electron chi connectivity index (χ4n) is 3.46. The summed E-state index contributed by atoms with van der Waals surface area (Å²) in [7, 11) is 0. The largest absolute Gasteiger partial charge is 0.366 e. The molecule has 1 aliphatic heterocycles. The summed E-state index contributed by atoms with van der Waals surface area (Å²) in [4.78, 5) is 26.0. The van der Waals surface area contributed by atoms with Gasteiger partial charge in [0.1, 0.15) is 5.69 Å². The number of aryl methyl sites for hydroxylation is 2. The number of para-hydroxylation sites is 1. The van der Waals surface area contributed by atoms with Gasteiger partial charge >= 0.3 is 0 Å².